The molecule has 1 aromatic carbocycles. The Morgan fingerprint density at radius 1 is 1.30 bits per heavy atom. The second kappa shape index (κ2) is 5.13. The summed E-state index contributed by atoms with van der Waals surface area (Å²) in [7, 11) is 0. The van der Waals surface area contributed by atoms with Gasteiger partial charge in [0, 0.05) is 24.5 Å². The van der Waals surface area contributed by atoms with E-state index in [4.69, 9.17) is 0 Å². The first-order valence-corrected chi connectivity index (χ1v) is 6.63. The van der Waals surface area contributed by atoms with Crippen molar-refractivity contribution >= 4 is 5.97 Å². The Morgan fingerprint density at radius 2 is 1.95 bits per heavy atom. The van der Waals surface area contributed by atoms with E-state index in [1.165, 1.54) is 0 Å². The zero-order chi connectivity index (χ0) is 15.1. The van der Waals surface area contributed by atoms with Gasteiger partial charge in [0.1, 0.15) is 11.6 Å². The molecule has 1 N–H and O–H groups in total. The zero-order valence-electron chi connectivity index (χ0n) is 11.9. The molecule has 2 atom stereocenters. The minimum absolute atomic E-state index is 0.157. The molecule has 0 spiro atoms. The van der Waals surface area contributed by atoms with Gasteiger partial charge in [-0.2, -0.15) is 0 Å². The number of likely N-dealkylation sites (tertiary alicyclic amines) is 1. The molecule has 0 bridgehead atoms. The quantitative estimate of drug-likeness (QED) is 0.907. The van der Waals surface area contributed by atoms with Crippen LogP contribution < -0.4 is 0 Å². The van der Waals surface area contributed by atoms with E-state index in [0.717, 1.165) is 18.2 Å². The predicted molar refractivity (Wildman–Crippen MR) is 71.6 cm³/mol. The molecule has 1 saturated heterocycles. The molecule has 0 aliphatic carbocycles. The monoisotopic (exact) mass is 283 g/mol. The van der Waals surface area contributed by atoms with Crippen LogP contribution in [-0.2, 0) is 4.79 Å². The third-order valence-corrected chi connectivity index (χ3v) is 3.94. The molecule has 1 aliphatic rings. The number of nitrogens with zero attached hydrogens (tertiary/aromatic N) is 1. The second-order valence-corrected chi connectivity index (χ2v) is 6.29. The highest BCUT2D eigenvalue weighted by molar-refractivity contribution is 5.72. The van der Waals surface area contributed by atoms with Crippen LogP contribution in [0, 0.1) is 17.6 Å². The lowest BCUT2D eigenvalue weighted by Crippen LogP contribution is -2.40. The van der Waals surface area contributed by atoms with Gasteiger partial charge >= 0.3 is 5.97 Å². The molecule has 3 nitrogen and oxygen atoms in total. The van der Waals surface area contributed by atoms with Crippen molar-refractivity contribution < 1.29 is 18.7 Å². The van der Waals surface area contributed by atoms with Gasteiger partial charge in [-0.3, -0.25) is 9.69 Å². The van der Waals surface area contributed by atoms with Gasteiger partial charge in [-0.1, -0.05) is 0 Å². The van der Waals surface area contributed by atoms with E-state index in [1.54, 1.807) is 0 Å². The molecule has 110 valence electrons. The molecule has 20 heavy (non-hydrogen) atoms. The summed E-state index contributed by atoms with van der Waals surface area (Å²) in [5, 5.41) is 9.35. The van der Waals surface area contributed by atoms with E-state index in [-0.39, 0.29) is 11.1 Å². The van der Waals surface area contributed by atoms with E-state index in [0.29, 0.717) is 13.1 Å². The van der Waals surface area contributed by atoms with Gasteiger partial charge in [-0.15, -0.1) is 0 Å². The Labute approximate surface area is 117 Å². The molecule has 2 rings (SSSR count). The minimum Gasteiger partial charge on any atom is -0.481 e. The molecule has 1 heterocycles. The van der Waals surface area contributed by atoms with Crippen LogP contribution in [0.15, 0.2) is 18.2 Å². The van der Waals surface area contributed by atoms with Crippen LogP contribution in [0.5, 0.6) is 0 Å². The maximum Gasteiger partial charge on any atom is 0.308 e. The van der Waals surface area contributed by atoms with Gasteiger partial charge < -0.3 is 5.11 Å². The Hall–Kier alpha value is -1.49. The number of hydrogen-bond acceptors (Lipinski definition) is 2. The lowest BCUT2D eigenvalue weighted by Gasteiger charge is -2.31. The number of halogens is 2. The highest BCUT2D eigenvalue weighted by Crippen LogP contribution is 2.37. The number of hydrogen-bond donors (Lipinski definition) is 1. The standard InChI is InChI=1S/C15H19F2NO2/c1-15(2,3)18-7-11(12(8-18)14(19)20)10-6-9(16)4-5-13(10)17/h4-6,11-12H,7-8H2,1-3H3,(H,19,20)/t11-,12+/m1/s1. The van der Waals surface area contributed by atoms with Crippen molar-refractivity contribution in [3.8, 4) is 0 Å². The van der Waals surface area contributed by atoms with Crippen molar-refractivity contribution in [2.45, 2.75) is 32.2 Å². The normalized spacial score (nSPS) is 24.1. The average Bonchev–Trinajstić information content (AvgIpc) is 2.77. The van der Waals surface area contributed by atoms with Crippen molar-refractivity contribution in [2.24, 2.45) is 5.92 Å². The molecular formula is C15H19F2NO2. The van der Waals surface area contributed by atoms with Crippen LogP contribution in [0.2, 0.25) is 0 Å². The van der Waals surface area contributed by atoms with Gasteiger partial charge in [-0.05, 0) is 44.5 Å². The fourth-order valence-corrected chi connectivity index (χ4v) is 2.72. The van der Waals surface area contributed by atoms with Crippen LogP contribution in [0.1, 0.15) is 32.3 Å². The fraction of sp³-hybridized carbons (Fsp3) is 0.533. The summed E-state index contributed by atoms with van der Waals surface area (Å²) in [4.78, 5) is 13.4. The van der Waals surface area contributed by atoms with Gasteiger partial charge in [-0.25, -0.2) is 8.78 Å². The molecule has 1 aliphatic heterocycles. The van der Waals surface area contributed by atoms with Gasteiger partial charge in [0.05, 0.1) is 5.92 Å². The van der Waals surface area contributed by atoms with Crippen LogP contribution in [0.3, 0.4) is 0 Å². The number of carboxylic acid groups (broad SMARTS) is 1. The summed E-state index contributed by atoms with van der Waals surface area (Å²) in [5.74, 6) is -3.29. The molecule has 0 unspecified atom stereocenters. The number of carbonyl (C=O) groups is 1. The number of carboxylic acids is 1. The van der Waals surface area contributed by atoms with Crippen LogP contribution in [0.4, 0.5) is 8.78 Å². The van der Waals surface area contributed by atoms with E-state index in [9.17, 15) is 18.7 Å². The van der Waals surface area contributed by atoms with E-state index in [2.05, 4.69) is 0 Å². The van der Waals surface area contributed by atoms with Crippen LogP contribution in [0.25, 0.3) is 0 Å². The van der Waals surface area contributed by atoms with E-state index in [1.807, 2.05) is 25.7 Å². The Balaban J connectivity index is 2.38. The summed E-state index contributed by atoms with van der Waals surface area (Å²) in [6, 6.07) is 3.22. The Morgan fingerprint density at radius 3 is 2.50 bits per heavy atom. The molecule has 0 aromatic heterocycles. The minimum atomic E-state index is -0.967. The smallest absolute Gasteiger partial charge is 0.308 e. The lowest BCUT2D eigenvalue weighted by molar-refractivity contribution is -0.141. The maximum absolute atomic E-state index is 13.9. The summed E-state index contributed by atoms with van der Waals surface area (Å²) >= 11 is 0. The Bertz CT molecular complexity index is 525. The summed E-state index contributed by atoms with van der Waals surface area (Å²) in [6.07, 6.45) is 0. The van der Waals surface area contributed by atoms with Crippen LogP contribution >= 0.6 is 0 Å². The third-order valence-electron chi connectivity index (χ3n) is 3.94. The SMILES string of the molecule is CC(C)(C)N1C[C@H](C(=O)O)[C@@H](c2cc(F)ccc2F)C1. The van der Waals surface area contributed by atoms with E-state index >= 15 is 0 Å². The van der Waals surface area contributed by atoms with E-state index < -0.39 is 29.4 Å². The highest BCUT2D eigenvalue weighted by atomic mass is 19.1. The first kappa shape index (κ1) is 14.9. The summed E-state index contributed by atoms with van der Waals surface area (Å²) in [6.45, 7) is 6.71. The molecule has 5 heteroatoms. The van der Waals surface area contributed by atoms with Crippen molar-refractivity contribution in [1.82, 2.24) is 4.90 Å². The number of benzene rings is 1. The average molecular weight is 283 g/mol. The first-order valence-electron chi connectivity index (χ1n) is 6.63. The molecule has 0 radical (unpaired) electrons. The van der Waals surface area contributed by atoms with Gasteiger partial charge in [0.25, 0.3) is 0 Å². The largest absolute Gasteiger partial charge is 0.481 e. The number of aliphatic carboxylic acids is 1. The molecule has 1 aromatic rings. The molecule has 1 fully saturated rings. The number of rotatable bonds is 2. The second-order valence-electron chi connectivity index (χ2n) is 6.29. The van der Waals surface area contributed by atoms with Crippen molar-refractivity contribution in [3.63, 3.8) is 0 Å². The molecule has 0 amide bonds. The van der Waals surface area contributed by atoms with Gasteiger partial charge in [0.15, 0.2) is 0 Å². The summed E-state index contributed by atoms with van der Waals surface area (Å²) < 4.78 is 27.2. The van der Waals surface area contributed by atoms with Crippen molar-refractivity contribution in [2.75, 3.05) is 13.1 Å². The topological polar surface area (TPSA) is 40.5 Å². The highest BCUT2D eigenvalue weighted by Gasteiger charge is 2.43. The fourth-order valence-electron chi connectivity index (χ4n) is 2.72. The predicted octanol–water partition coefficient (Wildman–Crippen LogP) is 2.86. The maximum atomic E-state index is 13.9. The van der Waals surface area contributed by atoms with Crippen molar-refractivity contribution in [3.05, 3.63) is 35.4 Å². The molecular weight excluding hydrogens is 264 g/mol. The van der Waals surface area contributed by atoms with Crippen LogP contribution in [-0.4, -0.2) is 34.6 Å². The lowest BCUT2D eigenvalue weighted by atomic mass is 9.88. The molecule has 0 saturated carbocycles. The first-order chi connectivity index (χ1) is 9.20. The third kappa shape index (κ3) is 2.82. The van der Waals surface area contributed by atoms with Gasteiger partial charge in [0.2, 0.25) is 0 Å². The van der Waals surface area contributed by atoms with Crippen molar-refractivity contribution in [1.29, 1.82) is 0 Å². The zero-order valence-corrected chi connectivity index (χ0v) is 11.9. The Kier molecular flexibility index (Phi) is 3.82. The summed E-state index contributed by atoms with van der Waals surface area (Å²) in [5.41, 5.74) is -0.0455.